The molecule has 3 aromatic carbocycles. The molecule has 0 fully saturated rings. The number of anilines is 1. The molecule has 0 aliphatic rings. The van der Waals surface area contributed by atoms with E-state index in [1.54, 1.807) is 6.07 Å². The molecular formula is C21H19N2O. The molecule has 24 heavy (non-hydrogen) atoms. The third-order valence-electron chi connectivity index (χ3n) is 3.83. The van der Waals surface area contributed by atoms with E-state index >= 15 is 0 Å². The summed E-state index contributed by atoms with van der Waals surface area (Å²) in [6.07, 6.45) is 0. The van der Waals surface area contributed by atoms with Crippen LogP contribution in [-0.4, -0.2) is 12.6 Å². The second kappa shape index (κ2) is 7.97. The van der Waals surface area contributed by atoms with Gasteiger partial charge in [-0.05, 0) is 17.2 Å². The Balaban J connectivity index is 1.70. The Kier molecular flexibility index (Phi) is 5.25. The van der Waals surface area contributed by atoms with Gasteiger partial charge in [-0.25, -0.2) is 4.79 Å². The lowest BCUT2D eigenvalue weighted by Gasteiger charge is -2.19. The Morgan fingerprint density at radius 1 is 0.833 bits per heavy atom. The van der Waals surface area contributed by atoms with Gasteiger partial charge in [0.05, 0.1) is 5.69 Å². The molecule has 2 N–H and O–H groups in total. The van der Waals surface area contributed by atoms with Crippen molar-refractivity contribution in [2.24, 2.45) is 0 Å². The Hall–Kier alpha value is -3.07. The number of carbonyl (C=O) groups excluding carboxylic acids is 1. The molecule has 0 unspecified atom stereocenters. The van der Waals surface area contributed by atoms with Crippen molar-refractivity contribution < 1.29 is 4.79 Å². The summed E-state index contributed by atoms with van der Waals surface area (Å²) < 4.78 is 0. The molecule has 3 heteroatoms. The van der Waals surface area contributed by atoms with E-state index in [9.17, 15) is 4.79 Å². The SMILES string of the molecule is O=C(NCC(c1ccccc1)c1ccccc1)Nc1[c]cccc1. The van der Waals surface area contributed by atoms with E-state index in [0.717, 1.165) is 0 Å². The zero-order valence-electron chi connectivity index (χ0n) is 13.3. The summed E-state index contributed by atoms with van der Waals surface area (Å²) >= 11 is 0. The van der Waals surface area contributed by atoms with Crippen LogP contribution in [-0.2, 0) is 0 Å². The minimum atomic E-state index is -0.227. The van der Waals surface area contributed by atoms with E-state index in [2.05, 4.69) is 41.0 Å². The fourth-order valence-corrected chi connectivity index (χ4v) is 2.63. The van der Waals surface area contributed by atoms with E-state index in [1.807, 2.05) is 54.6 Å². The highest BCUT2D eigenvalue weighted by Crippen LogP contribution is 2.23. The van der Waals surface area contributed by atoms with Gasteiger partial charge >= 0.3 is 6.03 Å². The minimum absolute atomic E-state index is 0.109. The molecule has 0 atom stereocenters. The van der Waals surface area contributed by atoms with Crippen LogP contribution in [0.1, 0.15) is 17.0 Å². The number of benzene rings is 3. The quantitative estimate of drug-likeness (QED) is 0.718. The number of carbonyl (C=O) groups is 1. The molecule has 0 heterocycles. The molecule has 3 aromatic rings. The van der Waals surface area contributed by atoms with E-state index in [1.165, 1.54) is 11.1 Å². The van der Waals surface area contributed by atoms with E-state index in [4.69, 9.17) is 0 Å². The Morgan fingerprint density at radius 3 is 1.96 bits per heavy atom. The summed E-state index contributed by atoms with van der Waals surface area (Å²) in [6.45, 7) is 0.521. The number of para-hydroxylation sites is 1. The molecule has 0 aliphatic carbocycles. The zero-order valence-corrected chi connectivity index (χ0v) is 13.3. The minimum Gasteiger partial charge on any atom is -0.337 e. The van der Waals surface area contributed by atoms with Crippen molar-refractivity contribution in [2.75, 3.05) is 11.9 Å². The van der Waals surface area contributed by atoms with Gasteiger partial charge in [0.25, 0.3) is 0 Å². The number of hydrogen-bond donors (Lipinski definition) is 2. The second-order valence-corrected chi connectivity index (χ2v) is 5.49. The average Bonchev–Trinajstić information content (AvgIpc) is 2.64. The number of hydrogen-bond acceptors (Lipinski definition) is 1. The van der Waals surface area contributed by atoms with Crippen LogP contribution < -0.4 is 10.6 Å². The fourth-order valence-electron chi connectivity index (χ4n) is 2.63. The highest BCUT2D eigenvalue weighted by molar-refractivity contribution is 5.89. The monoisotopic (exact) mass is 315 g/mol. The number of amides is 2. The van der Waals surface area contributed by atoms with Gasteiger partial charge in [0.2, 0.25) is 0 Å². The van der Waals surface area contributed by atoms with Gasteiger partial charge in [0, 0.05) is 18.5 Å². The van der Waals surface area contributed by atoms with Gasteiger partial charge in [-0.1, -0.05) is 78.9 Å². The molecule has 0 saturated carbocycles. The van der Waals surface area contributed by atoms with Crippen molar-refractivity contribution in [3.05, 3.63) is 102 Å². The summed E-state index contributed by atoms with van der Waals surface area (Å²) in [7, 11) is 0. The van der Waals surface area contributed by atoms with Gasteiger partial charge in [0.15, 0.2) is 0 Å². The highest BCUT2D eigenvalue weighted by Gasteiger charge is 2.15. The van der Waals surface area contributed by atoms with Crippen molar-refractivity contribution >= 4 is 11.7 Å². The molecule has 0 aliphatic heterocycles. The van der Waals surface area contributed by atoms with Gasteiger partial charge in [-0.3, -0.25) is 0 Å². The summed E-state index contributed by atoms with van der Waals surface area (Å²) in [5, 5.41) is 5.75. The Morgan fingerprint density at radius 2 is 1.42 bits per heavy atom. The van der Waals surface area contributed by atoms with Crippen LogP contribution in [0, 0.1) is 6.07 Å². The van der Waals surface area contributed by atoms with E-state index in [-0.39, 0.29) is 11.9 Å². The zero-order chi connectivity index (χ0) is 16.6. The number of rotatable bonds is 5. The van der Waals surface area contributed by atoms with Crippen molar-refractivity contribution in [3.63, 3.8) is 0 Å². The first-order valence-corrected chi connectivity index (χ1v) is 7.94. The van der Waals surface area contributed by atoms with Crippen LogP contribution in [0.15, 0.2) is 84.9 Å². The highest BCUT2D eigenvalue weighted by atomic mass is 16.2. The molecule has 119 valence electrons. The summed E-state index contributed by atoms with van der Waals surface area (Å²) in [6, 6.07) is 30.5. The van der Waals surface area contributed by atoms with Crippen molar-refractivity contribution in [3.8, 4) is 0 Å². The molecule has 0 bridgehead atoms. The lowest BCUT2D eigenvalue weighted by Crippen LogP contribution is -2.32. The lowest BCUT2D eigenvalue weighted by molar-refractivity contribution is 0.252. The third-order valence-corrected chi connectivity index (χ3v) is 3.83. The maximum Gasteiger partial charge on any atom is 0.319 e. The maximum atomic E-state index is 12.1. The van der Waals surface area contributed by atoms with Gasteiger partial charge in [0.1, 0.15) is 0 Å². The largest absolute Gasteiger partial charge is 0.337 e. The molecule has 3 rings (SSSR count). The lowest BCUT2D eigenvalue weighted by atomic mass is 9.91. The van der Waals surface area contributed by atoms with Crippen molar-refractivity contribution in [1.82, 2.24) is 5.32 Å². The predicted molar refractivity (Wildman–Crippen MR) is 97.0 cm³/mol. The first-order valence-electron chi connectivity index (χ1n) is 7.94. The van der Waals surface area contributed by atoms with Crippen LogP contribution in [0.2, 0.25) is 0 Å². The molecule has 0 spiro atoms. The summed E-state index contributed by atoms with van der Waals surface area (Å²) in [5.41, 5.74) is 3.01. The number of urea groups is 1. The smallest absolute Gasteiger partial charge is 0.319 e. The average molecular weight is 315 g/mol. The van der Waals surface area contributed by atoms with Gasteiger partial charge < -0.3 is 10.6 Å². The summed E-state index contributed by atoms with van der Waals surface area (Å²) in [4.78, 5) is 12.1. The third kappa shape index (κ3) is 4.23. The molecule has 3 nitrogen and oxygen atoms in total. The fraction of sp³-hybridized carbons (Fsp3) is 0.0952. The van der Waals surface area contributed by atoms with Crippen LogP contribution in [0.25, 0.3) is 0 Å². The Labute approximate surface area is 142 Å². The van der Waals surface area contributed by atoms with Crippen LogP contribution in [0.3, 0.4) is 0 Å². The summed E-state index contributed by atoms with van der Waals surface area (Å²) in [5.74, 6) is 0.109. The first-order chi connectivity index (χ1) is 11.8. The van der Waals surface area contributed by atoms with Crippen molar-refractivity contribution in [2.45, 2.75) is 5.92 Å². The van der Waals surface area contributed by atoms with E-state index < -0.39 is 0 Å². The first kappa shape index (κ1) is 15.8. The topological polar surface area (TPSA) is 41.1 Å². The van der Waals surface area contributed by atoms with Gasteiger partial charge in [-0.15, -0.1) is 0 Å². The standard InChI is InChI=1S/C21H19N2O/c24-21(23-19-14-8-3-9-15-19)22-16-20(17-10-4-1-5-11-17)18-12-6-2-7-13-18/h1-14,20H,16H2,(H2,22,23,24). The Bertz CT molecular complexity index is 718. The second-order valence-electron chi connectivity index (χ2n) is 5.49. The van der Waals surface area contributed by atoms with E-state index in [0.29, 0.717) is 12.2 Å². The van der Waals surface area contributed by atoms with Crippen LogP contribution in [0.4, 0.5) is 10.5 Å². The molecule has 1 radical (unpaired) electrons. The predicted octanol–water partition coefficient (Wildman–Crippen LogP) is 4.44. The van der Waals surface area contributed by atoms with Gasteiger partial charge in [-0.2, -0.15) is 0 Å². The maximum absolute atomic E-state index is 12.1. The van der Waals surface area contributed by atoms with Crippen molar-refractivity contribution in [1.29, 1.82) is 0 Å². The normalized spacial score (nSPS) is 10.4. The molecule has 0 aromatic heterocycles. The molecule has 2 amide bonds. The molecule has 0 saturated heterocycles. The number of nitrogens with one attached hydrogen (secondary N) is 2. The molecular weight excluding hydrogens is 296 g/mol. The van der Waals surface area contributed by atoms with Crippen LogP contribution in [0.5, 0.6) is 0 Å². The van der Waals surface area contributed by atoms with Crippen LogP contribution >= 0.6 is 0 Å².